The van der Waals surface area contributed by atoms with Gasteiger partial charge in [-0.3, -0.25) is 14.7 Å². The number of guanidine groups is 1. The molecular formula is C23H35N5O. The molecule has 3 atom stereocenters. The molecule has 0 radical (unpaired) electrons. The number of nitrogens with zero attached hydrogens (tertiary/aromatic N) is 4. The maximum atomic E-state index is 12.7. The van der Waals surface area contributed by atoms with Gasteiger partial charge in [-0.1, -0.05) is 30.3 Å². The highest BCUT2D eigenvalue weighted by Crippen LogP contribution is 2.46. The molecule has 0 aromatic heterocycles. The number of rotatable bonds is 5. The predicted octanol–water partition coefficient (Wildman–Crippen LogP) is 1.99. The molecule has 2 heterocycles. The standard InChI is InChI=1S/C23H35N5O/c1-18(22(29)27-10-6-7-11-27)26-12-14-28(15-13-26)23(24-2)25-17-20-16-21(20)19-8-4-3-5-9-19/h3-5,8-9,18,20-21H,6-7,10-17H2,1-2H3,(H,24,25). The van der Waals surface area contributed by atoms with Gasteiger partial charge in [-0.25, -0.2) is 0 Å². The average molecular weight is 398 g/mol. The van der Waals surface area contributed by atoms with Crippen LogP contribution in [0.3, 0.4) is 0 Å². The van der Waals surface area contributed by atoms with Crippen molar-refractivity contribution >= 4 is 11.9 Å². The number of carbonyl (C=O) groups is 1. The van der Waals surface area contributed by atoms with E-state index in [1.54, 1.807) is 0 Å². The Morgan fingerprint density at radius 1 is 1.07 bits per heavy atom. The number of nitrogens with one attached hydrogen (secondary N) is 1. The molecule has 1 saturated carbocycles. The van der Waals surface area contributed by atoms with E-state index in [0.29, 0.717) is 17.7 Å². The van der Waals surface area contributed by atoms with E-state index < -0.39 is 0 Å². The van der Waals surface area contributed by atoms with E-state index in [9.17, 15) is 4.79 Å². The summed E-state index contributed by atoms with van der Waals surface area (Å²) in [5, 5.41) is 3.59. The van der Waals surface area contributed by atoms with Crippen LogP contribution in [0.4, 0.5) is 0 Å². The molecule has 2 aliphatic heterocycles. The molecule has 1 aromatic rings. The Hall–Kier alpha value is -2.08. The molecule has 158 valence electrons. The maximum Gasteiger partial charge on any atom is 0.239 e. The monoisotopic (exact) mass is 397 g/mol. The van der Waals surface area contributed by atoms with Crippen LogP contribution in [-0.4, -0.2) is 85.5 Å². The highest BCUT2D eigenvalue weighted by molar-refractivity contribution is 5.82. The van der Waals surface area contributed by atoms with Crippen molar-refractivity contribution in [3.05, 3.63) is 35.9 Å². The second-order valence-electron chi connectivity index (χ2n) is 8.67. The first-order valence-electron chi connectivity index (χ1n) is 11.2. The van der Waals surface area contributed by atoms with Gasteiger partial charge in [-0.15, -0.1) is 0 Å². The van der Waals surface area contributed by atoms with Crippen LogP contribution in [0.15, 0.2) is 35.3 Å². The first-order valence-corrected chi connectivity index (χ1v) is 11.2. The van der Waals surface area contributed by atoms with E-state index in [1.807, 2.05) is 11.9 Å². The summed E-state index contributed by atoms with van der Waals surface area (Å²) in [6.07, 6.45) is 3.57. The number of amides is 1. The lowest BCUT2D eigenvalue weighted by Gasteiger charge is -2.39. The minimum atomic E-state index is -0.0108. The molecule has 0 spiro atoms. The van der Waals surface area contributed by atoms with E-state index in [4.69, 9.17) is 0 Å². The van der Waals surface area contributed by atoms with E-state index in [0.717, 1.165) is 64.6 Å². The first kappa shape index (κ1) is 20.2. The molecule has 0 bridgehead atoms. The first-order chi connectivity index (χ1) is 14.2. The van der Waals surface area contributed by atoms with Crippen LogP contribution in [-0.2, 0) is 4.79 Å². The molecular weight excluding hydrogens is 362 g/mol. The normalized spacial score (nSPS) is 26.5. The summed E-state index contributed by atoms with van der Waals surface area (Å²) in [7, 11) is 1.87. The minimum Gasteiger partial charge on any atom is -0.356 e. The summed E-state index contributed by atoms with van der Waals surface area (Å²) < 4.78 is 0. The Balaban J connectivity index is 1.22. The van der Waals surface area contributed by atoms with Crippen molar-refractivity contribution in [3.8, 4) is 0 Å². The largest absolute Gasteiger partial charge is 0.356 e. The van der Waals surface area contributed by atoms with Gasteiger partial charge in [0.05, 0.1) is 6.04 Å². The van der Waals surface area contributed by atoms with E-state index in [1.165, 1.54) is 12.0 Å². The second kappa shape index (κ2) is 9.16. The van der Waals surface area contributed by atoms with E-state index >= 15 is 0 Å². The lowest BCUT2D eigenvalue weighted by molar-refractivity contribution is -0.135. The van der Waals surface area contributed by atoms with Crippen molar-refractivity contribution < 1.29 is 4.79 Å². The highest BCUT2D eigenvalue weighted by atomic mass is 16.2. The molecule has 3 fully saturated rings. The molecule has 6 heteroatoms. The fourth-order valence-corrected chi connectivity index (χ4v) is 4.82. The molecule has 2 saturated heterocycles. The lowest BCUT2D eigenvalue weighted by atomic mass is 10.1. The average Bonchev–Trinajstić information content (AvgIpc) is 3.34. The molecule has 1 aromatic carbocycles. The number of piperazine rings is 1. The van der Waals surface area contributed by atoms with Crippen molar-refractivity contribution in [2.24, 2.45) is 10.9 Å². The topological polar surface area (TPSA) is 51.2 Å². The molecule has 1 aliphatic carbocycles. The number of aliphatic imine (C=N–C) groups is 1. The number of hydrogen-bond donors (Lipinski definition) is 1. The summed E-state index contributed by atoms with van der Waals surface area (Å²) in [6, 6.07) is 10.8. The molecule has 29 heavy (non-hydrogen) atoms. The summed E-state index contributed by atoms with van der Waals surface area (Å²) in [5.41, 5.74) is 1.46. The van der Waals surface area contributed by atoms with Crippen LogP contribution in [0.1, 0.15) is 37.7 Å². The van der Waals surface area contributed by atoms with Crippen LogP contribution in [0.5, 0.6) is 0 Å². The molecule has 1 N–H and O–H groups in total. The van der Waals surface area contributed by atoms with Gasteiger partial charge in [0.25, 0.3) is 0 Å². The summed E-state index contributed by atoms with van der Waals surface area (Å²) in [6.45, 7) is 8.59. The van der Waals surface area contributed by atoms with Crippen LogP contribution >= 0.6 is 0 Å². The van der Waals surface area contributed by atoms with E-state index in [2.05, 4.69) is 57.4 Å². The molecule has 1 amide bonds. The molecule has 3 aliphatic rings. The van der Waals surface area contributed by atoms with Crippen molar-refractivity contribution in [3.63, 3.8) is 0 Å². The van der Waals surface area contributed by atoms with Gasteiger partial charge in [0.1, 0.15) is 0 Å². The summed E-state index contributed by atoms with van der Waals surface area (Å²) in [4.78, 5) is 23.9. The van der Waals surface area contributed by atoms with Crippen LogP contribution in [0.2, 0.25) is 0 Å². The number of likely N-dealkylation sites (tertiary alicyclic amines) is 1. The molecule has 4 rings (SSSR count). The Morgan fingerprint density at radius 2 is 1.76 bits per heavy atom. The Morgan fingerprint density at radius 3 is 2.41 bits per heavy atom. The fraction of sp³-hybridized carbons (Fsp3) is 0.652. The van der Waals surface area contributed by atoms with Gasteiger partial charge in [0.2, 0.25) is 5.91 Å². The van der Waals surface area contributed by atoms with Crippen LogP contribution in [0.25, 0.3) is 0 Å². The third-order valence-electron chi connectivity index (χ3n) is 6.82. The Bertz CT molecular complexity index is 707. The van der Waals surface area contributed by atoms with Gasteiger partial charge >= 0.3 is 0 Å². The van der Waals surface area contributed by atoms with Gasteiger partial charge in [0.15, 0.2) is 5.96 Å². The maximum absolute atomic E-state index is 12.7. The quantitative estimate of drug-likeness (QED) is 0.610. The zero-order chi connectivity index (χ0) is 20.2. The van der Waals surface area contributed by atoms with Crippen molar-refractivity contribution in [1.82, 2.24) is 20.0 Å². The molecule has 3 unspecified atom stereocenters. The number of carbonyl (C=O) groups excluding carboxylic acids is 1. The van der Waals surface area contributed by atoms with Crippen LogP contribution in [0, 0.1) is 5.92 Å². The summed E-state index contributed by atoms with van der Waals surface area (Å²) >= 11 is 0. The van der Waals surface area contributed by atoms with Crippen LogP contribution < -0.4 is 5.32 Å². The van der Waals surface area contributed by atoms with Crippen molar-refractivity contribution in [2.45, 2.75) is 38.1 Å². The van der Waals surface area contributed by atoms with Gasteiger partial charge < -0.3 is 15.1 Å². The number of hydrogen-bond acceptors (Lipinski definition) is 3. The number of benzene rings is 1. The third-order valence-corrected chi connectivity index (χ3v) is 6.82. The van der Waals surface area contributed by atoms with Gasteiger partial charge in [0, 0.05) is 52.9 Å². The zero-order valence-electron chi connectivity index (χ0n) is 17.9. The predicted molar refractivity (Wildman–Crippen MR) is 117 cm³/mol. The fourth-order valence-electron chi connectivity index (χ4n) is 4.82. The molecule has 6 nitrogen and oxygen atoms in total. The zero-order valence-corrected chi connectivity index (χ0v) is 17.9. The SMILES string of the molecule is CN=C(NCC1CC1c1ccccc1)N1CCN(C(C)C(=O)N2CCCC2)CC1. The highest BCUT2D eigenvalue weighted by Gasteiger charge is 2.38. The lowest BCUT2D eigenvalue weighted by Crippen LogP contribution is -2.57. The van der Waals surface area contributed by atoms with Crippen molar-refractivity contribution in [2.75, 3.05) is 52.9 Å². The smallest absolute Gasteiger partial charge is 0.239 e. The van der Waals surface area contributed by atoms with Crippen molar-refractivity contribution in [1.29, 1.82) is 0 Å². The Kier molecular flexibility index (Phi) is 6.38. The second-order valence-corrected chi connectivity index (χ2v) is 8.67. The summed E-state index contributed by atoms with van der Waals surface area (Å²) in [5.74, 6) is 2.70. The minimum absolute atomic E-state index is 0.0108. The van der Waals surface area contributed by atoms with E-state index in [-0.39, 0.29) is 6.04 Å². The van der Waals surface area contributed by atoms with Gasteiger partial charge in [-0.2, -0.15) is 0 Å². The van der Waals surface area contributed by atoms with Gasteiger partial charge in [-0.05, 0) is 43.6 Å². The third kappa shape index (κ3) is 4.74. The Labute approximate surface area is 175 Å².